The zero-order chi connectivity index (χ0) is 30.6. The third-order valence-electron chi connectivity index (χ3n) is 6.92. The van der Waals surface area contributed by atoms with E-state index in [-0.39, 0.29) is 21.6 Å². The van der Waals surface area contributed by atoms with E-state index in [2.05, 4.69) is 20.8 Å². The van der Waals surface area contributed by atoms with Gasteiger partial charge in [0.2, 0.25) is 0 Å². The van der Waals surface area contributed by atoms with Crippen LogP contribution in [0.5, 0.6) is 0 Å². The van der Waals surface area contributed by atoms with E-state index in [4.69, 9.17) is 16.4 Å². The molecule has 3 N–H and O–H groups in total. The topological polar surface area (TPSA) is 150 Å². The molecule has 222 valence electrons. The molecule has 2 amide bonds. The van der Waals surface area contributed by atoms with E-state index in [9.17, 15) is 22.6 Å². The minimum Gasteiger partial charge on any atom is -0.398 e. The van der Waals surface area contributed by atoms with Crippen molar-refractivity contribution in [3.05, 3.63) is 119 Å². The number of benzene rings is 3. The summed E-state index contributed by atoms with van der Waals surface area (Å²) in [5, 5.41) is 11.9. The highest BCUT2D eigenvalue weighted by Gasteiger charge is 2.53. The molecule has 1 saturated heterocycles. The largest absolute Gasteiger partial charge is 0.398 e. The lowest BCUT2D eigenvalue weighted by Gasteiger charge is -2.43. The standard InChI is InChI=1S/C29H26ClN5O6S2/c1-41-34-24(26(36)32-25-23(17-30)35(27(25)37)43(38,39)40)22-18-42-28(31-22)33-29(19-11-5-2-6-12-19,20-13-7-3-8-14-20)21-15-9-4-10-16-21/h2-16,18,23,25H,17H2,1H3,(H,31,33)(H,32,36)(H,38,39,40). The van der Waals surface area contributed by atoms with E-state index in [1.165, 1.54) is 18.4 Å². The first-order valence-electron chi connectivity index (χ1n) is 12.9. The number of anilines is 1. The van der Waals surface area contributed by atoms with E-state index >= 15 is 0 Å². The molecule has 3 aromatic carbocycles. The second-order valence-electron chi connectivity index (χ2n) is 9.42. The predicted octanol–water partition coefficient (Wildman–Crippen LogP) is 3.63. The Morgan fingerprint density at radius 2 is 1.53 bits per heavy atom. The number of β-lactam (4-membered cyclic amide) rings is 1. The normalized spacial score (nSPS) is 17.2. The van der Waals surface area contributed by atoms with Gasteiger partial charge < -0.3 is 15.5 Å². The fourth-order valence-electron chi connectivity index (χ4n) is 5.00. The Kier molecular flexibility index (Phi) is 8.78. The third-order valence-corrected chi connectivity index (χ3v) is 8.94. The molecule has 11 nitrogen and oxygen atoms in total. The number of halogens is 1. The number of thiazole rings is 1. The first kappa shape index (κ1) is 30.2. The summed E-state index contributed by atoms with van der Waals surface area (Å²) in [5.74, 6) is -2.22. The highest BCUT2D eigenvalue weighted by atomic mass is 35.5. The highest BCUT2D eigenvalue weighted by Crippen LogP contribution is 2.40. The summed E-state index contributed by atoms with van der Waals surface area (Å²) in [6.07, 6.45) is 0. The van der Waals surface area contributed by atoms with Gasteiger partial charge in [0.15, 0.2) is 10.8 Å². The van der Waals surface area contributed by atoms with E-state index in [0.29, 0.717) is 5.13 Å². The number of hydrogen-bond acceptors (Lipinski definition) is 9. The van der Waals surface area contributed by atoms with E-state index in [1.807, 2.05) is 91.0 Å². The number of oxime groups is 1. The second-order valence-corrected chi connectivity index (χ2v) is 11.9. The first-order chi connectivity index (χ1) is 20.7. The zero-order valence-electron chi connectivity index (χ0n) is 22.6. The Balaban J connectivity index is 1.50. The summed E-state index contributed by atoms with van der Waals surface area (Å²) < 4.78 is 32.6. The van der Waals surface area contributed by atoms with Crippen LogP contribution >= 0.6 is 22.9 Å². The lowest BCUT2D eigenvalue weighted by molar-refractivity contribution is -0.143. The van der Waals surface area contributed by atoms with Gasteiger partial charge in [0.05, 0.1) is 6.04 Å². The fourth-order valence-corrected chi connectivity index (χ4v) is 7.03. The number of amides is 2. The molecule has 0 aliphatic carbocycles. The quantitative estimate of drug-likeness (QED) is 0.0562. The van der Waals surface area contributed by atoms with Crippen molar-refractivity contribution in [2.24, 2.45) is 5.16 Å². The van der Waals surface area contributed by atoms with Crippen LogP contribution in [-0.4, -0.2) is 64.9 Å². The van der Waals surface area contributed by atoms with Gasteiger partial charge in [-0.15, -0.1) is 22.9 Å². The lowest BCUT2D eigenvalue weighted by Crippen LogP contribution is -2.73. The molecule has 2 unspecified atom stereocenters. The lowest BCUT2D eigenvalue weighted by atomic mass is 9.77. The predicted molar refractivity (Wildman–Crippen MR) is 163 cm³/mol. The van der Waals surface area contributed by atoms with Gasteiger partial charge in [-0.2, -0.15) is 8.42 Å². The molecule has 2 heterocycles. The number of hydrogen-bond donors (Lipinski definition) is 3. The number of alkyl halides is 1. The van der Waals surface area contributed by atoms with Crippen LogP contribution in [0, 0.1) is 0 Å². The molecule has 1 aliphatic heterocycles. The molecule has 0 bridgehead atoms. The summed E-state index contributed by atoms with van der Waals surface area (Å²) >= 11 is 7.06. The van der Waals surface area contributed by atoms with Gasteiger partial charge in [-0.05, 0) is 16.7 Å². The Labute approximate surface area is 257 Å². The van der Waals surface area contributed by atoms with Crippen LogP contribution in [0.2, 0.25) is 0 Å². The molecule has 1 aliphatic rings. The van der Waals surface area contributed by atoms with E-state index < -0.39 is 39.7 Å². The molecule has 14 heteroatoms. The van der Waals surface area contributed by atoms with Crippen molar-refractivity contribution in [3.63, 3.8) is 0 Å². The van der Waals surface area contributed by atoms with Gasteiger partial charge in [0.25, 0.3) is 11.8 Å². The number of carbonyl (C=O) groups is 2. The first-order valence-corrected chi connectivity index (χ1v) is 15.7. The maximum Gasteiger partial charge on any atom is 0.362 e. The van der Waals surface area contributed by atoms with Crippen LogP contribution in [0.1, 0.15) is 22.4 Å². The van der Waals surface area contributed by atoms with Crippen molar-refractivity contribution in [1.82, 2.24) is 14.6 Å². The molecule has 43 heavy (non-hydrogen) atoms. The number of carbonyl (C=O) groups excluding carboxylic acids is 2. The van der Waals surface area contributed by atoms with Crippen molar-refractivity contribution >= 4 is 55.9 Å². The highest BCUT2D eigenvalue weighted by molar-refractivity contribution is 7.84. The smallest absolute Gasteiger partial charge is 0.362 e. The summed E-state index contributed by atoms with van der Waals surface area (Å²) in [4.78, 5) is 35.2. The number of aromatic nitrogens is 1. The van der Waals surface area contributed by atoms with Crippen LogP contribution in [-0.2, 0) is 30.3 Å². The minimum absolute atomic E-state index is 0.149. The van der Waals surface area contributed by atoms with E-state index in [1.54, 1.807) is 5.38 Å². The Hall–Kier alpha value is -4.30. The summed E-state index contributed by atoms with van der Waals surface area (Å²) in [7, 11) is -3.59. The molecule has 0 radical (unpaired) electrons. The van der Waals surface area contributed by atoms with E-state index in [0.717, 1.165) is 16.7 Å². The van der Waals surface area contributed by atoms with Crippen LogP contribution < -0.4 is 10.6 Å². The Morgan fingerprint density at radius 1 is 1.02 bits per heavy atom. The molecule has 4 aromatic rings. The molecule has 1 fully saturated rings. The molecule has 0 saturated carbocycles. The van der Waals surface area contributed by atoms with Crippen LogP contribution in [0.4, 0.5) is 5.13 Å². The van der Waals surface area contributed by atoms with Gasteiger partial charge in [0, 0.05) is 11.3 Å². The molecule has 2 atom stereocenters. The Bertz CT molecular complexity index is 1640. The molecule has 5 rings (SSSR count). The number of nitrogens with one attached hydrogen (secondary N) is 2. The molecule has 1 aromatic heterocycles. The average molecular weight is 640 g/mol. The SMILES string of the molecule is CON=C(C(=O)NC1C(=O)N(S(=O)(=O)O)C1CCl)c1csc(NC(c2ccccc2)(c2ccccc2)c2ccccc2)n1. The number of nitrogens with zero attached hydrogens (tertiary/aromatic N) is 3. The van der Waals surface area contributed by atoms with Crippen LogP contribution in [0.3, 0.4) is 0 Å². The summed E-state index contributed by atoms with van der Waals surface area (Å²) in [6, 6.07) is 27.2. The summed E-state index contributed by atoms with van der Waals surface area (Å²) in [6.45, 7) is 0. The Morgan fingerprint density at radius 3 is 1.98 bits per heavy atom. The maximum absolute atomic E-state index is 13.3. The van der Waals surface area contributed by atoms with Crippen molar-refractivity contribution < 1.29 is 27.4 Å². The van der Waals surface area contributed by atoms with Crippen LogP contribution in [0.15, 0.2) is 102 Å². The summed E-state index contributed by atoms with van der Waals surface area (Å²) in [5.41, 5.74) is 1.88. The molecule has 0 spiro atoms. The van der Waals surface area contributed by atoms with Gasteiger partial charge in [-0.3, -0.25) is 14.1 Å². The average Bonchev–Trinajstić information content (AvgIpc) is 3.48. The number of rotatable bonds is 11. The van der Waals surface area contributed by atoms with Crippen molar-refractivity contribution in [2.45, 2.75) is 17.6 Å². The van der Waals surface area contributed by atoms with Gasteiger partial charge >= 0.3 is 10.3 Å². The monoisotopic (exact) mass is 639 g/mol. The van der Waals surface area contributed by atoms with Crippen LogP contribution in [0.25, 0.3) is 0 Å². The van der Waals surface area contributed by atoms with Crippen molar-refractivity contribution in [1.29, 1.82) is 0 Å². The maximum atomic E-state index is 13.3. The minimum atomic E-state index is -4.84. The molecular weight excluding hydrogens is 614 g/mol. The van der Waals surface area contributed by atoms with Gasteiger partial charge in [0.1, 0.15) is 24.4 Å². The van der Waals surface area contributed by atoms with Gasteiger partial charge in [-0.25, -0.2) is 9.29 Å². The van der Waals surface area contributed by atoms with Gasteiger partial charge in [-0.1, -0.05) is 96.2 Å². The third kappa shape index (κ3) is 5.84. The van der Waals surface area contributed by atoms with Crippen molar-refractivity contribution in [2.75, 3.05) is 18.3 Å². The second kappa shape index (κ2) is 12.5. The fraction of sp³-hybridized carbons (Fsp3) is 0.172. The zero-order valence-corrected chi connectivity index (χ0v) is 25.0. The van der Waals surface area contributed by atoms with Crippen molar-refractivity contribution in [3.8, 4) is 0 Å². The molecular formula is C29H26ClN5O6S2.